The molecule has 1 heterocycles. The molecule has 1 fully saturated rings. The van der Waals surface area contributed by atoms with E-state index in [-0.39, 0.29) is 0 Å². The summed E-state index contributed by atoms with van der Waals surface area (Å²) >= 11 is 0. The number of nitrogens with zero attached hydrogens (tertiary/aromatic N) is 1. The Balaban J connectivity index is 2.65. The van der Waals surface area contributed by atoms with E-state index < -0.39 is 0 Å². The minimum absolute atomic E-state index is 0.328. The fraction of sp³-hybridized carbons (Fsp3) is 1.00. The van der Waals surface area contributed by atoms with Crippen LogP contribution in [-0.4, -0.2) is 35.6 Å². The van der Waals surface area contributed by atoms with Crippen LogP contribution in [0, 0.1) is 0 Å². The Labute approximate surface area is 95.4 Å². The Bertz CT molecular complexity index is 191. The summed E-state index contributed by atoms with van der Waals surface area (Å²) in [5.74, 6) is 0. The van der Waals surface area contributed by atoms with Gasteiger partial charge < -0.3 is 5.32 Å². The van der Waals surface area contributed by atoms with Crippen molar-refractivity contribution in [3.05, 3.63) is 0 Å². The summed E-state index contributed by atoms with van der Waals surface area (Å²) in [4.78, 5) is 2.68. The molecule has 0 amide bonds. The fourth-order valence-corrected chi connectivity index (χ4v) is 2.51. The first kappa shape index (κ1) is 13.0. The van der Waals surface area contributed by atoms with Gasteiger partial charge in [0.1, 0.15) is 0 Å². The quantitative estimate of drug-likeness (QED) is 0.770. The van der Waals surface area contributed by atoms with Crippen molar-refractivity contribution in [1.82, 2.24) is 10.2 Å². The van der Waals surface area contributed by atoms with Gasteiger partial charge in [-0.25, -0.2) is 0 Å². The van der Waals surface area contributed by atoms with Crippen LogP contribution in [0.5, 0.6) is 0 Å². The van der Waals surface area contributed by atoms with Crippen LogP contribution in [0.25, 0.3) is 0 Å². The van der Waals surface area contributed by atoms with E-state index >= 15 is 0 Å². The van der Waals surface area contributed by atoms with E-state index in [1.165, 1.54) is 25.8 Å². The van der Waals surface area contributed by atoms with Crippen LogP contribution < -0.4 is 5.32 Å². The van der Waals surface area contributed by atoms with Gasteiger partial charge >= 0.3 is 0 Å². The fourth-order valence-electron chi connectivity index (χ4n) is 2.51. The third-order valence-corrected chi connectivity index (χ3v) is 3.83. The number of hydrogen-bond acceptors (Lipinski definition) is 2. The third kappa shape index (κ3) is 3.18. The van der Waals surface area contributed by atoms with Gasteiger partial charge in [0.2, 0.25) is 0 Å². The van der Waals surface area contributed by atoms with Gasteiger partial charge in [-0.1, -0.05) is 20.3 Å². The highest BCUT2D eigenvalue weighted by Crippen LogP contribution is 2.22. The highest BCUT2D eigenvalue weighted by Gasteiger charge is 2.34. The smallest absolute Gasteiger partial charge is 0.0278 e. The zero-order valence-electron chi connectivity index (χ0n) is 11.1. The van der Waals surface area contributed by atoms with E-state index in [9.17, 15) is 0 Å². The van der Waals surface area contributed by atoms with Crippen molar-refractivity contribution in [2.24, 2.45) is 0 Å². The van der Waals surface area contributed by atoms with Gasteiger partial charge in [-0.15, -0.1) is 0 Å². The van der Waals surface area contributed by atoms with Crippen LogP contribution in [0.1, 0.15) is 53.9 Å². The molecule has 0 aromatic rings. The first-order chi connectivity index (χ1) is 7.02. The zero-order valence-corrected chi connectivity index (χ0v) is 11.1. The second-order valence-electron chi connectivity index (χ2n) is 5.50. The Hall–Kier alpha value is -0.0800. The lowest BCUT2D eigenvalue weighted by molar-refractivity contribution is 0.0534. The molecule has 90 valence electrons. The van der Waals surface area contributed by atoms with E-state index in [0.29, 0.717) is 11.6 Å². The number of rotatable bonds is 4. The highest BCUT2D eigenvalue weighted by molar-refractivity contribution is 4.95. The lowest BCUT2D eigenvalue weighted by Crippen LogP contribution is -2.64. The molecule has 0 saturated carbocycles. The number of hydrogen-bond donors (Lipinski definition) is 1. The van der Waals surface area contributed by atoms with Gasteiger partial charge in [-0.2, -0.15) is 0 Å². The summed E-state index contributed by atoms with van der Waals surface area (Å²) in [6, 6.07) is 1.42. The Kier molecular flexibility index (Phi) is 4.60. The largest absolute Gasteiger partial charge is 0.309 e. The van der Waals surface area contributed by atoms with Crippen molar-refractivity contribution in [2.75, 3.05) is 13.1 Å². The highest BCUT2D eigenvalue weighted by atomic mass is 15.3. The molecule has 0 bridgehead atoms. The van der Waals surface area contributed by atoms with Crippen molar-refractivity contribution < 1.29 is 0 Å². The maximum atomic E-state index is 3.72. The van der Waals surface area contributed by atoms with Crippen molar-refractivity contribution in [3.63, 3.8) is 0 Å². The second-order valence-corrected chi connectivity index (χ2v) is 5.50. The van der Waals surface area contributed by atoms with Crippen LogP contribution in [0.3, 0.4) is 0 Å². The number of nitrogens with one attached hydrogen (secondary N) is 1. The molecule has 2 atom stereocenters. The number of piperazine rings is 1. The molecule has 2 nitrogen and oxygen atoms in total. The van der Waals surface area contributed by atoms with Crippen LogP contribution in [0.15, 0.2) is 0 Å². The molecule has 0 aromatic heterocycles. The summed E-state index contributed by atoms with van der Waals surface area (Å²) in [5.41, 5.74) is 0.328. The predicted molar refractivity (Wildman–Crippen MR) is 67.2 cm³/mol. The van der Waals surface area contributed by atoms with E-state index in [0.717, 1.165) is 12.6 Å². The Morgan fingerprint density at radius 1 is 1.40 bits per heavy atom. The predicted octanol–water partition coefficient (Wildman–Crippen LogP) is 2.64. The van der Waals surface area contributed by atoms with Gasteiger partial charge in [0.05, 0.1) is 0 Å². The van der Waals surface area contributed by atoms with E-state index in [1.54, 1.807) is 0 Å². The molecule has 0 aromatic carbocycles. The minimum Gasteiger partial charge on any atom is -0.309 e. The van der Waals surface area contributed by atoms with Gasteiger partial charge in [0.15, 0.2) is 0 Å². The lowest BCUT2D eigenvalue weighted by atomic mass is 9.91. The summed E-state index contributed by atoms with van der Waals surface area (Å²) < 4.78 is 0. The Morgan fingerprint density at radius 3 is 2.53 bits per heavy atom. The normalized spacial score (nSPS) is 33.6. The molecule has 0 aliphatic carbocycles. The molecule has 15 heavy (non-hydrogen) atoms. The molecule has 2 heteroatoms. The summed E-state index contributed by atoms with van der Waals surface area (Å²) in [6.07, 6.45) is 3.83. The zero-order chi connectivity index (χ0) is 11.5. The van der Waals surface area contributed by atoms with Crippen LogP contribution in [0.2, 0.25) is 0 Å². The minimum atomic E-state index is 0.328. The maximum absolute atomic E-state index is 3.72. The molecule has 1 aliphatic heterocycles. The van der Waals surface area contributed by atoms with Gasteiger partial charge in [0, 0.05) is 30.7 Å². The van der Waals surface area contributed by atoms with E-state index in [4.69, 9.17) is 0 Å². The molecule has 0 spiro atoms. The van der Waals surface area contributed by atoms with Gasteiger partial charge in [0.25, 0.3) is 0 Å². The van der Waals surface area contributed by atoms with E-state index in [1.807, 2.05) is 0 Å². The standard InChI is InChI=1S/C13H28N2/c1-6-8-12-9-14-13(5,7-2)10-15(12)11(3)4/h11-12,14H,6-10H2,1-5H3. The second kappa shape index (κ2) is 5.31. The first-order valence-electron chi connectivity index (χ1n) is 6.53. The molecular weight excluding hydrogens is 184 g/mol. The topological polar surface area (TPSA) is 15.3 Å². The molecular formula is C13H28N2. The van der Waals surface area contributed by atoms with Crippen molar-refractivity contribution in [3.8, 4) is 0 Å². The van der Waals surface area contributed by atoms with Crippen molar-refractivity contribution in [2.45, 2.75) is 71.5 Å². The summed E-state index contributed by atoms with van der Waals surface area (Å²) in [5, 5.41) is 3.72. The van der Waals surface area contributed by atoms with Crippen molar-refractivity contribution in [1.29, 1.82) is 0 Å². The molecule has 0 radical (unpaired) electrons. The SMILES string of the molecule is CCCC1CNC(C)(CC)CN1C(C)C. The molecule has 1 saturated heterocycles. The van der Waals surface area contributed by atoms with Crippen LogP contribution >= 0.6 is 0 Å². The molecule has 1 N–H and O–H groups in total. The molecule has 1 rings (SSSR count). The summed E-state index contributed by atoms with van der Waals surface area (Å²) in [7, 11) is 0. The average Bonchev–Trinajstić information content (AvgIpc) is 2.21. The van der Waals surface area contributed by atoms with Crippen molar-refractivity contribution >= 4 is 0 Å². The maximum Gasteiger partial charge on any atom is 0.0278 e. The Morgan fingerprint density at radius 2 is 2.07 bits per heavy atom. The van der Waals surface area contributed by atoms with Crippen LogP contribution in [0.4, 0.5) is 0 Å². The molecule has 1 aliphatic rings. The monoisotopic (exact) mass is 212 g/mol. The average molecular weight is 212 g/mol. The van der Waals surface area contributed by atoms with Gasteiger partial charge in [-0.05, 0) is 33.6 Å². The summed E-state index contributed by atoms with van der Waals surface area (Å²) in [6.45, 7) is 13.9. The molecule has 2 unspecified atom stereocenters. The lowest BCUT2D eigenvalue weighted by Gasteiger charge is -2.48. The van der Waals surface area contributed by atoms with Crippen LogP contribution in [-0.2, 0) is 0 Å². The van der Waals surface area contributed by atoms with E-state index in [2.05, 4.69) is 44.8 Å². The first-order valence-corrected chi connectivity index (χ1v) is 6.53. The van der Waals surface area contributed by atoms with Gasteiger partial charge in [-0.3, -0.25) is 4.90 Å². The third-order valence-electron chi connectivity index (χ3n) is 3.83.